The van der Waals surface area contributed by atoms with E-state index in [0.717, 1.165) is 51.4 Å². The third-order valence-corrected chi connectivity index (χ3v) is 5.10. The van der Waals surface area contributed by atoms with Crippen molar-refractivity contribution in [1.82, 2.24) is 9.80 Å². The molecular weight excluding hydrogens is 312 g/mol. The van der Waals surface area contributed by atoms with Crippen molar-refractivity contribution in [3.8, 4) is 0 Å². The second-order valence-electron chi connectivity index (χ2n) is 6.83. The summed E-state index contributed by atoms with van der Waals surface area (Å²) < 4.78 is 5.40. The van der Waals surface area contributed by atoms with Crippen molar-refractivity contribution >= 4 is 5.91 Å². The van der Waals surface area contributed by atoms with E-state index >= 15 is 0 Å². The Balaban J connectivity index is 1.46. The maximum atomic E-state index is 12.9. The number of carbonyl (C=O) groups is 1. The fourth-order valence-corrected chi connectivity index (χ4v) is 3.67. The third kappa shape index (κ3) is 3.75. The quantitative estimate of drug-likeness (QED) is 0.864. The van der Waals surface area contributed by atoms with Crippen molar-refractivity contribution < 1.29 is 9.53 Å². The first kappa shape index (κ1) is 16.3. The highest BCUT2D eigenvalue weighted by molar-refractivity contribution is 5.94. The lowest BCUT2D eigenvalue weighted by Gasteiger charge is -2.29. The van der Waals surface area contributed by atoms with Crippen molar-refractivity contribution in [3.63, 3.8) is 0 Å². The van der Waals surface area contributed by atoms with Gasteiger partial charge in [-0.05, 0) is 35.2 Å². The smallest absolute Gasteiger partial charge is 0.254 e. The molecule has 4 nitrogen and oxygen atoms in total. The largest absolute Gasteiger partial charge is 0.379 e. The van der Waals surface area contributed by atoms with Crippen LogP contribution in [0.15, 0.2) is 48.5 Å². The summed E-state index contributed by atoms with van der Waals surface area (Å²) in [4.78, 5) is 17.3. The first-order valence-corrected chi connectivity index (χ1v) is 9.05. The van der Waals surface area contributed by atoms with E-state index in [4.69, 9.17) is 4.74 Å². The first-order valence-electron chi connectivity index (χ1n) is 9.05. The lowest BCUT2D eigenvalue weighted by atomic mass is 9.99. The number of hydrogen-bond acceptors (Lipinski definition) is 3. The second-order valence-corrected chi connectivity index (χ2v) is 6.83. The van der Waals surface area contributed by atoms with E-state index in [1.807, 2.05) is 17.0 Å². The topological polar surface area (TPSA) is 32.8 Å². The Labute approximate surface area is 149 Å². The molecule has 0 aromatic heterocycles. The summed E-state index contributed by atoms with van der Waals surface area (Å²) in [6.07, 6.45) is 0.940. The molecule has 2 aromatic carbocycles. The van der Waals surface area contributed by atoms with Crippen LogP contribution in [0.5, 0.6) is 0 Å². The molecule has 1 amide bonds. The molecule has 25 heavy (non-hydrogen) atoms. The number of carbonyl (C=O) groups excluding carboxylic acids is 1. The summed E-state index contributed by atoms with van der Waals surface area (Å²) in [6, 6.07) is 16.5. The molecular formula is C21H24N2O2. The molecule has 0 bridgehead atoms. The number of fused-ring (bicyclic) bond motifs is 1. The van der Waals surface area contributed by atoms with Crippen LogP contribution in [-0.2, 0) is 24.2 Å². The number of morpholine rings is 1. The normalized spacial score (nSPS) is 18.0. The van der Waals surface area contributed by atoms with Crippen molar-refractivity contribution in [3.05, 3.63) is 70.8 Å². The fraction of sp³-hybridized carbons (Fsp3) is 0.381. The van der Waals surface area contributed by atoms with Gasteiger partial charge in [-0.15, -0.1) is 0 Å². The average Bonchev–Trinajstić information content (AvgIpc) is 2.68. The number of hydrogen-bond donors (Lipinski definition) is 0. The Morgan fingerprint density at radius 2 is 1.76 bits per heavy atom. The minimum atomic E-state index is 0.137. The molecule has 0 unspecified atom stereocenters. The molecule has 4 heteroatoms. The Bertz CT molecular complexity index is 753. The second kappa shape index (κ2) is 7.38. The molecule has 2 aromatic rings. The summed E-state index contributed by atoms with van der Waals surface area (Å²) in [5.74, 6) is 0.137. The van der Waals surface area contributed by atoms with Gasteiger partial charge < -0.3 is 9.64 Å². The number of amides is 1. The molecule has 130 valence electrons. The van der Waals surface area contributed by atoms with Crippen LogP contribution in [0.1, 0.15) is 27.0 Å². The van der Waals surface area contributed by atoms with Crippen LogP contribution in [0.4, 0.5) is 0 Å². The Morgan fingerprint density at radius 3 is 2.60 bits per heavy atom. The molecule has 4 rings (SSSR count). The molecule has 0 radical (unpaired) electrons. The van der Waals surface area contributed by atoms with Gasteiger partial charge in [0.2, 0.25) is 0 Å². The van der Waals surface area contributed by atoms with Gasteiger partial charge in [-0.25, -0.2) is 0 Å². The van der Waals surface area contributed by atoms with Crippen LogP contribution in [0.25, 0.3) is 0 Å². The van der Waals surface area contributed by atoms with Crippen LogP contribution in [-0.4, -0.2) is 48.6 Å². The van der Waals surface area contributed by atoms with E-state index in [9.17, 15) is 4.79 Å². The van der Waals surface area contributed by atoms with Gasteiger partial charge in [0.1, 0.15) is 0 Å². The number of benzene rings is 2. The Hall–Kier alpha value is -2.17. The zero-order chi connectivity index (χ0) is 17.1. The van der Waals surface area contributed by atoms with E-state index in [-0.39, 0.29) is 5.91 Å². The third-order valence-electron chi connectivity index (χ3n) is 5.10. The SMILES string of the molecule is O=C(c1cccc(CN2CCOCC2)c1)N1CCc2ccccc2C1. The van der Waals surface area contributed by atoms with Crippen molar-refractivity contribution in [2.45, 2.75) is 19.5 Å². The summed E-state index contributed by atoms with van der Waals surface area (Å²) >= 11 is 0. The van der Waals surface area contributed by atoms with Crippen LogP contribution in [0.3, 0.4) is 0 Å². The monoisotopic (exact) mass is 336 g/mol. The van der Waals surface area contributed by atoms with E-state index in [0.29, 0.717) is 6.54 Å². The highest BCUT2D eigenvalue weighted by atomic mass is 16.5. The molecule has 0 spiro atoms. The Morgan fingerprint density at radius 1 is 0.960 bits per heavy atom. The molecule has 0 N–H and O–H groups in total. The van der Waals surface area contributed by atoms with Crippen LogP contribution in [0.2, 0.25) is 0 Å². The van der Waals surface area contributed by atoms with Gasteiger partial charge in [0.25, 0.3) is 5.91 Å². The molecule has 2 aliphatic rings. The van der Waals surface area contributed by atoms with E-state index in [1.165, 1.54) is 16.7 Å². The van der Waals surface area contributed by atoms with Gasteiger partial charge in [-0.2, -0.15) is 0 Å². The van der Waals surface area contributed by atoms with Crippen LogP contribution < -0.4 is 0 Å². The lowest BCUT2D eigenvalue weighted by molar-refractivity contribution is 0.0341. The summed E-state index contributed by atoms with van der Waals surface area (Å²) in [5.41, 5.74) is 4.63. The van der Waals surface area contributed by atoms with Crippen molar-refractivity contribution in [2.24, 2.45) is 0 Å². The molecule has 0 aliphatic carbocycles. The number of rotatable bonds is 3. The van der Waals surface area contributed by atoms with Gasteiger partial charge in [0.15, 0.2) is 0 Å². The van der Waals surface area contributed by atoms with Gasteiger partial charge in [-0.3, -0.25) is 9.69 Å². The summed E-state index contributed by atoms with van der Waals surface area (Å²) in [5, 5.41) is 0. The van der Waals surface area contributed by atoms with Gasteiger partial charge in [-0.1, -0.05) is 36.4 Å². The molecule has 0 saturated carbocycles. The molecule has 2 heterocycles. The van der Waals surface area contributed by atoms with Crippen molar-refractivity contribution in [2.75, 3.05) is 32.8 Å². The van der Waals surface area contributed by atoms with Crippen LogP contribution >= 0.6 is 0 Å². The van der Waals surface area contributed by atoms with Crippen molar-refractivity contribution in [1.29, 1.82) is 0 Å². The predicted octanol–water partition coefficient (Wildman–Crippen LogP) is 2.72. The minimum Gasteiger partial charge on any atom is -0.379 e. The number of ether oxygens (including phenoxy) is 1. The molecule has 2 aliphatic heterocycles. The van der Waals surface area contributed by atoms with Gasteiger partial charge in [0, 0.05) is 38.3 Å². The zero-order valence-electron chi connectivity index (χ0n) is 14.5. The average molecular weight is 336 g/mol. The van der Waals surface area contributed by atoms with Gasteiger partial charge in [0.05, 0.1) is 13.2 Å². The maximum absolute atomic E-state index is 12.9. The standard InChI is InChI=1S/C21H24N2O2/c24-21(23-9-8-18-5-1-2-6-20(18)16-23)19-7-3-4-17(14-19)15-22-10-12-25-13-11-22/h1-7,14H,8-13,15-16H2. The molecule has 1 fully saturated rings. The molecule has 0 atom stereocenters. The summed E-state index contributed by atoms with van der Waals surface area (Å²) in [6.45, 7) is 5.90. The summed E-state index contributed by atoms with van der Waals surface area (Å²) in [7, 11) is 0. The van der Waals surface area contributed by atoms with E-state index in [1.54, 1.807) is 0 Å². The van der Waals surface area contributed by atoms with E-state index in [2.05, 4.69) is 41.3 Å². The van der Waals surface area contributed by atoms with Crippen LogP contribution in [0, 0.1) is 0 Å². The highest BCUT2D eigenvalue weighted by Crippen LogP contribution is 2.21. The zero-order valence-corrected chi connectivity index (χ0v) is 14.5. The maximum Gasteiger partial charge on any atom is 0.254 e. The first-order chi connectivity index (χ1) is 12.3. The lowest BCUT2D eigenvalue weighted by Crippen LogP contribution is -2.36. The molecule has 1 saturated heterocycles. The minimum absolute atomic E-state index is 0.137. The van der Waals surface area contributed by atoms with Gasteiger partial charge >= 0.3 is 0 Å². The highest BCUT2D eigenvalue weighted by Gasteiger charge is 2.21. The Kier molecular flexibility index (Phi) is 4.81. The van der Waals surface area contributed by atoms with E-state index < -0.39 is 0 Å². The number of nitrogens with zero attached hydrogens (tertiary/aromatic N) is 2. The predicted molar refractivity (Wildman–Crippen MR) is 97.4 cm³/mol. The fourth-order valence-electron chi connectivity index (χ4n) is 3.67.